The Balaban J connectivity index is 5.25. The molecule has 530 valence electrons. The first kappa shape index (κ1) is 87.5. The summed E-state index contributed by atoms with van der Waals surface area (Å²) in [4.78, 5) is 72.4. The van der Waals surface area contributed by atoms with E-state index in [9.17, 15) is 43.2 Å². The van der Waals surface area contributed by atoms with E-state index in [1.54, 1.807) is 0 Å². The molecular formula is C71H134O17P2. The van der Waals surface area contributed by atoms with Crippen LogP contribution in [0.2, 0.25) is 0 Å². The maximum atomic E-state index is 13.0. The number of allylic oxidation sites excluding steroid dienone is 4. The number of ether oxygens (including phenoxy) is 4. The SMILES string of the molecule is CCCCCC/C=C\C=C/CCCCCCCC(=O)OC[C@H](COP(=O)(O)OC[C@@H](O)COP(=O)(O)OC[C@@H](COC(=O)CCCCCCCCC(C)C)OC(=O)CCCCCCCCC(C)C)OC(=O)CCCCCCCCCCCCCCCCC(C)C. The summed E-state index contributed by atoms with van der Waals surface area (Å²) in [5, 5.41) is 10.6. The topological polar surface area (TPSA) is 237 Å². The molecule has 17 nitrogen and oxygen atoms in total. The highest BCUT2D eigenvalue weighted by Crippen LogP contribution is 2.45. The molecule has 0 heterocycles. The first-order chi connectivity index (χ1) is 43.2. The van der Waals surface area contributed by atoms with E-state index in [0.29, 0.717) is 37.5 Å². The second-order valence-corrected chi connectivity index (χ2v) is 29.3. The van der Waals surface area contributed by atoms with Crippen LogP contribution in [0.4, 0.5) is 0 Å². The van der Waals surface area contributed by atoms with Crippen molar-refractivity contribution in [3.8, 4) is 0 Å². The molecule has 3 N–H and O–H groups in total. The molecule has 0 aromatic heterocycles. The quantitative estimate of drug-likeness (QED) is 0.0169. The monoisotopic (exact) mass is 1320 g/mol. The van der Waals surface area contributed by atoms with Crippen molar-refractivity contribution in [2.24, 2.45) is 17.8 Å². The van der Waals surface area contributed by atoms with Crippen LogP contribution in [0.15, 0.2) is 24.3 Å². The fourth-order valence-electron chi connectivity index (χ4n) is 10.2. The van der Waals surface area contributed by atoms with Crippen LogP contribution in [0.1, 0.15) is 331 Å². The van der Waals surface area contributed by atoms with E-state index in [0.717, 1.165) is 121 Å². The van der Waals surface area contributed by atoms with Crippen LogP contribution >= 0.6 is 15.6 Å². The van der Waals surface area contributed by atoms with Gasteiger partial charge in [-0.2, -0.15) is 0 Å². The standard InChI is InChI=1S/C71H134O17P2/c1-8-9-10-11-12-13-14-15-16-20-23-26-29-38-45-52-68(73)81-58-66(87-70(75)54-47-40-30-27-24-21-18-17-19-22-25-28-35-42-49-62(2)3)60-85-89(77,78)83-56-65(72)57-84-90(79,80)86-61-67(88-71(76)55-48-41-34-32-37-44-51-64(6)7)59-82-69(74)53-46-39-33-31-36-43-50-63(4)5/h13-16,62-67,72H,8-12,17-61H2,1-7H3,(H,77,78)(H,79,80)/b14-13-,16-15-/t65-,66-,67-/m1/s1. The molecule has 0 fully saturated rings. The van der Waals surface area contributed by atoms with E-state index < -0.39 is 97.5 Å². The lowest BCUT2D eigenvalue weighted by molar-refractivity contribution is -0.161. The maximum absolute atomic E-state index is 13.0. The third kappa shape index (κ3) is 64.3. The predicted molar refractivity (Wildman–Crippen MR) is 363 cm³/mol. The van der Waals surface area contributed by atoms with Crippen LogP contribution in [0.3, 0.4) is 0 Å². The maximum Gasteiger partial charge on any atom is 0.472 e. The van der Waals surface area contributed by atoms with Gasteiger partial charge < -0.3 is 33.8 Å². The highest BCUT2D eigenvalue weighted by molar-refractivity contribution is 7.47. The Labute approximate surface area is 548 Å². The van der Waals surface area contributed by atoms with Crippen LogP contribution < -0.4 is 0 Å². The van der Waals surface area contributed by atoms with E-state index >= 15 is 0 Å². The smallest absolute Gasteiger partial charge is 0.462 e. The first-order valence-electron chi connectivity index (χ1n) is 36.2. The van der Waals surface area contributed by atoms with Crippen LogP contribution in [0, 0.1) is 17.8 Å². The van der Waals surface area contributed by atoms with Gasteiger partial charge in [-0.3, -0.25) is 37.3 Å². The fourth-order valence-corrected chi connectivity index (χ4v) is 11.8. The molecule has 0 aliphatic heterocycles. The van der Waals surface area contributed by atoms with Gasteiger partial charge in [0.2, 0.25) is 0 Å². The van der Waals surface area contributed by atoms with Gasteiger partial charge >= 0.3 is 39.5 Å². The summed E-state index contributed by atoms with van der Waals surface area (Å²) in [6, 6.07) is 0. The van der Waals surface area contributed by atoms with Crippen LogP contribution in [-0.2, 0) is 65.4 Å². The number of unbranched alkanes of at least 4 members (excludes halogenated alkanes) is 32. The van der Waals surface area contributed by atoms with Gasteiger partial charge in [0.05, 0.1) is 26.4 Å². The number of hydrogen-bond acceptors (Lipinski definition) is 15. The molecule has 0 saturated heterocycles. The summed E-state index contributed by atoms with van der Waals surface area (Å²) < 4.78 is 68.2. The number of esters is 4. The Kier molecular flexibility index (Phi) is 59.7. The van der Waals surface area contributed by atoms with Gasteiger partial charge in [-0.05, 0) is 69.1 Å². The van der Waals surface area contributed by atoms with E-state index in [-0.39, 0.29) is 25.7 Å². The van der Waals surface area contributed by atoms with E-state index in [1.807, 2.05) is 0 Å². The molecule has 90 heavy (non-hydrogen) atoms. The average molecular weight is 1320 g/mol. The van der Waals surface area contributed by atoms with Gasteiger partial charge in [-0.1, -0.05) is 278 Å². The van der Waals surface area contributed by atoms with Crippen molar-refractivity contribution in [1.82, 2.24) is 0 Å². The van der Waals surface area contributed by atoms with Gasteiger partial charge in [0.15, 0.2) is 12.2 Å². The minimum atomic E-state index is -4.96. The molecular weight excluding hydrogens is 1190 g/mol. The number of carbonyl (C=O) groups excluding carboxylic acids is 4. The molecule has 0 aromatic rings. The van der Waals surface area contributed by atoms with E-state index in [4.69, 9.17) is 37.0 Å². The summed E-state index contributed by atoms with van der Waals surface area (Å²) in [5.74, 6) is -0.0238. The average Bonchev–Trinajstić information content (AvgIpc) is 3.48. The lowest BCUT2D eigenvalue weighted by atomic mass is 10.0. The normalized spacial score (nSPS) is 14.4. The minimum absolute atomic E-state index is 0.0985. The number of rotatable bonds is 67. The molecule has 0 spiro atoms. The van der Waals surface area contributed by atoms with Crippen LogP contribution in [0.5, 0.6) is 0 Å². The molecule has 5 atom stereocenters. The second kappa shape index (κ2) is 61.4. The fraction of sp³-hybridized carbons (Fsp3) is 0.887. The lowest BCUT2D eigenvalue weighted by Crippen LogP contribution is -2.30. The number of carbonyl (C=O) groups is 4. The second-order valence-electron chi connectivity index (χ2n) is 26.4. The zero-order chi connectivity index (χ0) is 66.6. The molecule has 0 rings (SSSR count). The largest absolute Gasteiger partial charge is 0.472 e. The Morgan fingerprint density at radius 2 is 0.600 bits per heavy atom. The van der Waals surface area contributed by atoms with E-state index in [1.165, 1.54) is 116 Å². The third-order valence-corrected chi connectivity index (χ3v) is 17.7. The number of phosphoric ester groups is 2. The zero-order valence-electron chi connectivity index (χ0n) is 58.1. The summed E-state index contributed by atoms with van der Waals surface area (Å²) >= 11 is 0. The molecule has 0 amide bonds. The van der Waals surface area contributed by atoms with Crippen LogP contribution in [-0.4, -0.2) is 96.7 Å². The predicted octanol–water partition coefficient (Wildman–Crippen LogP) is 19.8. The Morgan fingerprint density at radius 1 is 0.344 bits per heavy atom. The molecule has 0 aliphatic rings. The molecule has 0 aromatic carbocycles. The van der Waals surface area contributed by atoms with Gasteiger partial charge in [-0.25, -0.2) is 9.13 Å². The van der Waals surface area contributed by atoms with Crippen molar-refractivity contribution in [2.75, 3.05) is 39.6 Å². The van der Waals surface area contributed by atoms with Crippen molar-refractivity contribution in [2.45, 2.75) is 349 Å². The van der Waals surface area contributed by atoms with Gasteiger partial charge in [-0.15, -0.1) is 0 Å². The molecule has 19 heteroatoms. The number of aliphatic hydroxyl groups excluding tert-OH is 1. The molecule has 0 bridgehead atoms. The van der Waals surface area contributed by atoms with Gasteiger partial charge in [0, 0.05) is 25.7 Å². The van der Waals surface area contributed by atoms with Gasteiger partial charge in [0.25, 0.3) is 0 Å². The molecule has 2 unspecified atom stereocenters. The third-order valence-electron chi connectivity index (χ3n) is 15.8. The zero-order valence-corrected chi connectivity index (χ0v) is 59.9. The summed E-state index contributed by atoms with van der Waals surface area (Å²) in [6.45, 7) is 11.6. The van der Waals surface area contributed by atoms with Crippen molar-refractivity contribution in [3.63, 3.8) is 0 Å². The first-order valence-corrected chi connectivity index (χ1v) is 39.2. The van der Waals surface area contributed by atoms with Crippen molar-refractivity contribution < 1.29 is 80.2 Å². The van der Waals surface area contributed by atoms with Crippen molar-refractivity contribution >= 4 is 39.5 Å². The molecule has 0 radical (unpaired) electrons. The Bertz CT molecular complexity index is 1860. The number of hydrogen-bond donors (Lipinski definition) is 3. The summed E-state index contributed by atoms with van der Waals surface area (Å²) in [7, 11) is -9.91. The highest BCUT2D eigenvalue weighted by Gasteiger charge is 2.30. The van der Waals surface area contributed by atoms with Crippen molar-refractivity contribution in [3.05, 3.63) is 24.3 Å². The molecule has 0 aliphatic carbocycles. The summed E-state index contributed by atoms with van der Waals surface area (Å²) in [5.41, 5.74) is 0. The van der Waals surface area contributed by atoms with Crippen LogP contribution in [0.25, 0.3) is 0 Å². The Morgan fingerprint density at radius 3 is 0.900 bits per heavy atom. The number of phosphoric acid groups is 2. The minimum Gasteiger partial charge on any atom is -0.462 e. The summed E-state index contributed by atoms with van der Waals surface area (Å²) in [6.07, 6.45) is 48.4. The Hall–Kier alpha value is -2.46. The molecule has 0 saturated carbocycles. The number of aliphatic hydroxyl groups is 1. The van der Waals surface area contributed by atoms with Crippen molar-refractivity contribution in [1.29, 1.82) is 0 Å². The lowest BCUT2D eigenvalue weighted by Gasteiger charge is -2.21. The highest BCUT2D eigenvalue weighted by atomic mass is 31.2. The van der Waals surface area contributed by atoms with Gasteiger partial charge in [0.1, 0.15) is 19.3 Å². The van der Waals surface area contributed by atoms with E-state index in [2.05, 4.69) is 72.8 Å².